The molecule has 0 aromatic rings. The van der Waals surface area contributed by atoms with Crippen LogP contribution in [0, 0.1) is 11.8 Å². The molecular weight excluding hydrogens is 231 g/mol. The molecule has 0 amide bonds. The third kappa shape index (κ3) is 1.56. The number of hydrogen-bond donors (Lipinski definition) is 0. The van der Waals surface area contributed by atoms with Gasteiger partial charge < -0.3 is 4.74 Å². The van der Waals surface area contributed by atoms with Crippen LogP contribution in [-0.2, 0) is 9.53 Å². The Bertz CT molecular complexity index is 124. The maximum Gasteiger partial charge on any atom is 0.308 e. The van der Waals surface area contributed by atoms with Crippen LogP contribution in [0.5, 0.6) is 0 Å². The molecule has 0 heterocycles. The van der Waals surface area contributed by atoms with E-state index in [1.54, 1.807) is 0 Å². The molecule has 1 rings (SSSR count). The molecule has 2 unspecified atom stereocenters. The number of halogens is 1. The highest BCUT2D eigenvalue weighted by atomic mass is 127. The second-order valence-electron chi connectivity index (χ2n) is 2.28. The van der Waals surface area contributed by atoms with Crippen LogP contribution in [0.15, 0.2) is 0 Å². The highest BCUT2D eigenvalue weighted by Crippen LogP contribution is 2.40. The lowest BCUT2D eigenvalue weighted by atomic mass is 10.3. The van der Waals surface area contributed by atoms with Gasteiger partial charge in [0, 0.05) is 4.43 Å². The summed E-state index contributed by atoms with van der Waals surface area (Å²) in [5, 5.41) is 0. The number of carbonyl (C=O) groups excluding carboxylic acids is 1. The Morgan fingerprint density at radius 3 is 2.89 bits per heavy atom. The molecule has 0 aromatic heterocycles. The zero-order valence-corrected chi connectivity index (χ0v) is 7.42. The van der Waals surface area contributed by atoms with E-state index in [1.807, 2.05) is 0 Å². The molecule has 9 heavy (non-hydrogen) atoms. The second-order valence-corrected chi connectivity index (χ2v) is 3.16. The van der Waals surface area contributed by atoms with E-state index in [4.69, 9.17) is 0 Å². The van der Waals surface area contributed by atoms with Gasteiger partial charge in [0.25, 0.3) is 0 Å². The normalized spacial score (nSPS) is 31.8. The quantitative estimate of drug-likeness (QED) is 0.412. The van der Waals surface area contributed by atoms with Crippen LogP contribution in [0.2, 0.25) is 0 Å². The average Bonchev–Trinajstić information content (AvgIpc) is 2.64. The summed E-state index contributed by atoms with van der Waals surface area (Å²) in [5.74, 6) is 0.807. The first kappa shape index (κ1) is 7.31. The molecule has 0 bridgehead atoms. The van der Waals surface area contributed by atoms with Crippen molar-refractivity contribution in [3.8, 4) is 0 Å². The first-order chi connectivity index (χ1) is 4.29. The van der Waals surface area contributed by atoms with E-state index in [0.717, 1.165) is 10.8 Å². The Hall–Kier alpha value is 0.200. The minimum atomic E-state index is -0.0309. The molecule has 1 saturated carbocycles. The fourth-order valence-electron chi connectivity index (χ4n) is 0.858. The maximum absolute atomic E-state index is 10.7. The standard InChI is InChI=1S/C6H9IO2/c1-9-6(8)5-2-4(5)3-7/h4-5H,2-3H2,1H3. The molecule has 0 aliphatic heterocycles. The van der Waals surface area contributed by atoms with Gasteiger partial charge in [-0.15, -0.1) is 0 Å². The van der Waals surface area contributed by atoms with Crippen LogP contribution in [-0.4, -0.2) is 17.5 Å². The molecule has 3 heteroatoms. The molecule has 0 aromatic carbocycles. The molecule has 2 nitrogen and oxygen atoms in total. The molecule has 0 saturated heterocycles. The third-order valence-electron chi connectivity index (χ3n) is 1.62. The van der Waals surface area contributed by atoms with Gasteiger partial charge in [0.1, 0.15) is 0 Å². The van der Waals surface area contributed by atoms with Crippen LogP contribution < -0.4 is 0 Å². The van der Waals surface area contributed by atoms with E-state index < -0.39 is 0 Å². The van der Waals surface area contributed by atoms with Crippen LogP contribution in [0.1, 0.15) is 6.42 Å². The minimum absolute atomic E-state index is 0.0309. The Morgan fingerprint density at radius 1 is 1.89 bits per heavy atom. The van der Waals surface area contributed by atoms with Gasteiger partial charge in [-0.05, 0) is 12.3 Å². The number of methoxy groups -OCH3 is 1. The maximum atomic E-state index is 10.7. The number of alkyl halides is 1. The summed E-state index contributed by atoms with van der Waals surface area (Å²) >= 11 is 2.30. The number of rotatable bonds is 2. The van der Waals surface area contributed by atoms with E-state index in [2.05, 4.69) is 27.3 Å². The summed E-state index contributed by atoms with van der Waals surface area (Å²) in [6.45, 7) is 0. The summed E-state index contributed by atoms with van der Waals surface area (Å²) in [6, 6.07) is 0. The summed E-state index contributed by atoms with van der Waals surface area (Å²) in [5.41, 5.74) is 0. The van der Waals surface area contributed by atoms with E-state index in [1.165, 1.54) is 7.11 Å². The van der Waals surface area contributed by atoms with Crippen LogP contribution in [0.25, 0.3) is 0 Å². The molecule has 0 radical (unpaired) electrons. The van der Waals surface area contributed by atoms with Crippen LogP contribution in [0.4, 0.5) is 0 Å². The summed E-state index contributed by atoms with van der Waals surface area (Å²) < 4.78 is 5.64. The van der Waals surface area contributed by atoms with Crippen molar-refractivity contribution in [2.45, 2.75) is 6.42 Å². The smallest absolute Gasteiger partial charge is 0.308 e. The molecular formula is C6H9IO2. The Morgan fingerprint density at radius 2 is 2.56 bits per heavy atom. The average molecular weight is 240 g/mol. The first-order valence-corrected chi connectivity index (χ1v) is 4.46. The third-order valence-corrected chi connectivity index (χ3v) is 2.76. The Balaban J connectivity index is 2.25. The lowest BCUT2D eigenvalue weighted by Gasteiger charge is -1.93. The van der Waals surface area contributed by atoms with Crippen molar-refractivity contribution in [2.24, 2.45) is 11.8 Å². The fourth-order valence-corrected chi connectivity index (χ4v) is 1.83. The highest BCUT2D eigenvalue weighted by molar-refractivity contribution is 14.1. The van der Waals surface area contributed by atoms with Gasteiger partial charge in [-0.1, -0.05) is 22.6 Å². The lowest BCUT2D eigenvalue weighted by Crippen LogP contribution is -2.04. The predicted octanol–water partition coefficient (Wildman–Crippen LogP) is 1.23. The number of esters is 1. The van der Waals surface area contributed by atoms with E-state index in [9.17, 15) is 4.79 Å². The van der Waals surface area contributed by atoms with Gasteiger partial charge in [0.05, 0.1) is 13.0 Å². The van der Waals surface area contributed by atoms with Crippen molar-refractivity contribution >= 4 is 28.6 Å². The molecule has 0 spiro atoms. The second kappa shape index (κ2) is 2.86. The summed E-state index contributed by atoms with van der Waals surface area (Å²) in [7, 11) is 1.45. The fraction of sp³-hybridized carbons (Fsp3) is 0.833. The van der Waals surface area contributed by atoms with Crippen molar-refractivity contribution in [1.29, 1.82) is 0 Å². The topological polar surface area (TPSA) is 26.3 Å². The van der Waals surface area contributed by atoms with Gasteiger partial charge in [0.15, 0.2) is 0 Å². The van der Waals surface area contributed by atoms with E-state index in [0.29, 0.717) is 5.92 Å². The molecule has 1 fully saturated rings. The number of ether oxygens (including phenoxy) is 1. The number of hydrogen-bond acceptors (Lipinski definition) is 2. The van der Waals surface area contributed by atoms with Gasteiger partial charge in [-0.2, -0.15) is 0 Å². The monoisotopic (exact) mass is 240 g/mol. The zero-order chi connectivity index (χ0) is 6.85. The van der Waals surface area contributed by atoms with Crippen LogP contribution >= 0.6 is 22.6 Å². The summed E-state index contributed by atoms with van der Waals surface area (Å²) in [4.78, 5) is 10.7. The van der Waals surface area contributed by atoms with E-state index >= 15 is 0 Å². The SMILES string of the molecule is COC(=O)C1CC1CI. The molecule has 52 valence electrons. The first-order valence-electron chi connectivity index (χ1n) is 2.93. The summed E-state index contributed by atoms with van der Waals surface area (Å²) in [6.07, 6.45) is 1.04. The number of carbonyl (C=O) groups is 1. The van der Waals surface area contributed by atoms with Crippen molar-refractivity contribution in [3.63, 3.8) is 0 Å². The Labute approximate surface area is 68.1 Å². The largest absolute Gasteiger partial charge is 0.469 e. The molecule has 2 atom stereocenters. The van der Waals surface area contributed by atoms with Crippen molar-refractivity contribution < 1.29 is 9.53 Å². The van der Waals surface area contributed by atoms with Crippen LogP contribution in [0.3, 0.4) is 0 Å². The molecule has 1 aliphatic carbocycles. The predicted molar refractivity (Wildman–Crippen MR) is 42.5 cm³/mol. The van der Waals surface area contributed by atoms with Gasteiger partial charge in [0.2, 0.25) is 0 Å². The van der Waals surface area contributed by atoms with Crippen molar-refractivity contribution in [3.05, 3.63) is 0 Å². The van der Waals surface area contributed by atoms with Gasteiger partial charge >= 0.3 is 5.97 Å². The zero-order valence-electron chi connectivity index (χ0n) is 5.26. The van der Waals surface area contributed by atoms with Gasteiger partial charge in [-0.3, -0.25) is 4.79 Å². The van der Waals surface area contributed by atoms with E-state index in [-0.39, 0.29) is 11.9 Å². The molecule has 1 aliphatic rings. The molecule has 0 N–H and O–H groups in total. The highest BCUT2D eigenvalue weighted by Gasteiger charge is 2.42. The van der Waals surface area contributed by atoms with Crippen molar-refractivity contribution in [1.82, 2.24) is 0 Å². The lowest BCUT2D eigenvalue weighted by molar-refractivity contribution is -0.142. The van der Waals surface area contributed by atoms with Crippen molar-refractivity contribution in [2.75, 3.05) is 11.5 Å². The minimum Gasteiger partial charge on any atom is -0.469 e. The Kier molecular flexibility index (Phi) is 2.32. The van der Waals surface area contributed by atoms with Gasteiger partial charge in [-0.25, -0.2) is 0 Å².